The Morgan fingerprint density at radius 1 is 0.872 bits per heavy atom. The van der Waals surface area contributed by atoms with Gasteiger partial charge in [-0.1, -0.05) is 19.4 Å². The van der Waals surface area contributed by atoms with Crippen molar-refractivity contribution in [2.24, 2.45) is 29.6 Å². The highest BCUT2D eigenvalue weighted by Crippen LogP contribution is 2.48. The molecule has 2 saturated carbocycles. The molecule has 3 fully saturated rings. The van der Waals surface area contributed by atoms with Crippen LogP contribution in [0, 0.1) is 47.0 Å². The lowest BCUT2D eigenvalue weighted by Gasteiger charge is -2.45. The van der Waals surface area contributed by atoms with Gasteiger partial charge in [-0.3, -0.25) is 0 Å². The van der Waals surface area contributed by atoms with Gasteiger partial charge in [-0.15, -0.1) is 11.3 Å². The summed E-state index contributed by atoms with van der Waals surface area (Å²) in [5.74, 6) is -1.82. The number of ether oxygens (including phenoxy) is 2. The molecule has 0 N–H and O–H groups in total. The Kier molecular flexibility index (Phi) is 7.33. The Morgan fingerprint density at radius 2 is 1.54 bits per heavy atom. The van der Waals surface area contributed by atoms with Crippen LogP contribution in [0.1, 0.15) is 75.0 Å². The number of hydrogen-bond acceptors (Lipinski definition) is 4. The van der Waals surface area contributed by atoms with Crippen molar-refractivity contribution >= 4 is 21.6 Å². The molecule has 6 rings (SSSR count). The van der Waals surface area contributed by atoms with E-state index < -0.39 is 34.3 Å². The smallest absolute Gasteiger partial charge is 0.427 e. The first-order chi connectivity index (χ1) is 18.7. The quantitative estimate of drug-likeness (QED) is 0.228. The number of nitrogens with zero attached hydrogens (tertiary/aromatic N) is 1. The van der Waals surface area contributed by atoms with E-state index in [4.69, 9.17) is 4.74 Å². The van der Waals surface area contributed by atoms with Crippen molar-refractivity contribution in [3.05, 3.63) is 58.4 Å². The first-order valence-corrected chi connectivity index (χ1v) is 14.7. The molecular weight excluding hydrogens is 533 g/mol. The topological polar surface area (TPSA) is 31.4 Å². The fraction of sp³-hybridized carbons (Fsp3) is 0.567. The molecule has 1 aromatic heterocycles. The molecule has 1 aliphatic heterocycles. The number of benzene rings is 2. The molecular formula is C30H32F5NO2S. The number of alkyl halides is 2. The minimum atomic E-state index is -3.95. The van der Waals surface area contributed by atoms with Crippen LogP contribution < -0.4 is 4.74 Å². The van der Waals surface area contributed by atoms with Gasteiger partial charge in [0.2, 0.25) is 5.01 Å². The monoisotopic (exact) mass is 565 g/mol. The van der Waals surface area contributed by atoms with Gasteiger partial charge in [0.1, 0.15) is 5.75 Å². The average Bonchev–Trinajstić information content (AvgIpc) is 3.36. The summed E-state index contributed by atoms with van der Waals surface area (Å²) in [5, 5.41) is -0.655. The van der Waals surface area contributed by atoms with Crippen LogP contribution in [0.5, 0.6) is 5.75 Å². The molecule has 2 heterocycles. The molecule has 9 heteroatoms. The maximum Gasteiger partial charge on any atom is 0.454 e. The highest BCUT2D eigenvalue weighted by Gasteiger charge is 2.40. The van der Waals surface area contributed by atoms with Gasteiger partial charge >= 0.3 is 6.11 Å². The van der Waals surface area contributed by atoms with Crippen LogP contribution in [0.4, 0.5) is 22.0 Å². The molecule has 3 aromatic rings. The van der Waals surface area contributed by atoms with Crippen LogP contribution in [0.3, 0.4) is 0 Å². The summed E-state index contributed by atoms with van der Waals surface area (Å²) in [7, 11) is 0. The summed E-state index contributed by atoms with van der Waals surface area (Å²) in [4.78, 5) is 3.98. The van der Waals surface area contributed by atoms with Gasteiger partial charge in [0, 0.05) is 12.1 Å². The van der Waals surface area contributed by atoms with E-state index in [9.17, 15) is 22.0 Å². The van der Waals surface area contributed by atoms with Crippen LogP contribution in [0.25, 0.3) is 10.2 Å². The normalized spacial score (nSPS) is 29.8. The molecule has 3 nitrogen and oxygen atoms in total. The molecule has 210 valence electrons. The van der Waals surface area contributed by atoms with E-state index >= 15 is 0 Å². The van der Waals surface area contributed by atoms with E-state index in [0.717, 1.165) is 60.0 Å². The third kappa shape index (κ3) is 5.53. The zero-order valence-electron chi connectivity index (χ0n) is 21.8. The van der Waals surface area contributed by atoms with Crippen molar-refractivity contribution in [2.75, 3.05) is 6.61 Å². The average molecular weight is 566 g/mol. The van der Waals surface area contributed by atoms with Gasteiger partial charge in [0.05, 0.1) is 22.9 Å². The van der Waals surface area contributed by atoms with Crippen LogP contribution in [-0.4, -0.2) is 11.6 Å². The maximum absolute atomic E-state index is 14.8. The molecule has 2 aliphatic carbocycles. The highest BCUT2D eigenvalue weighted by molar-refractivity contribution is 7.18. The first kappa shape index (κ1) is 26.9. The highest BCUT2D eigenvalue weighted by atomic mass is 32.1. The van der Waals surface area contributed by atoms with E-state index in [1.807, 2.05) is 12.1 Å². The predicted octanol–water partition coefficient (Wildman–Crippen LogP) is 9.16. The Morgan fingerprint density at radius 3 is 2.26 bits per heavy atom. The standard InChI is InChI=1S/C30H32F5NO2S/c1-16-2-3-18-11-19(5-4-17(18)10-16)21-7-9-26(37-15-21)20-6-8-25-27(12-20)39-29(36-25)30(34,35)38-22-13-23(31)28(33)24(32)14-22/h6,8,12-14,16-19,21,26H,2-5,7,9-11,15H2,1H3/t16?,17?,18?,19?,21-,26?/m1/s1. The summed E-state index contributed by atoms with van der Waals surface area (Å²) in [6, 6.07) is 6.12. The van der Waals surface area contributed by atoms with Crippen molar-refractivity contribution in [3.63, 3.8) is 0 Å². The molecule has 0 amide bonds. The van der Waals surface area contributed by atoms with Gasteiger partial charge in [-0.2, -0.15) is 8.78 Å². The van der Waals surface area contributed by atoms with Crippen molar-refractivity contribution < 1.29 is 31.4 Å². The third-order valence-corrected chi connectivity index (χ3v) is 10.2. The fourth-order valence-corrected chi connectivity index (χ4v) is 7.97. The molecule has 0 spiro atoms. The third-order valence-electron chi connectivity index (χ3n) is 9.13. The van der Waals surface area contributed by atoms with Gasteiger partial charge in [0.15, 0.2) is 17.5 Å². The molecule has 3 aliphatic rings. The van der Waals surface area contributed by atoms with Crippen molar-refractivity contribution in [2.45, 2.75) is 70.5 Å². The second-order valence-electron chi connectivity index (χ2n) is 11.7. The van der Waals surface area contributed by atoms with Crippen LogP contribution >= 0.6 is 11.3 Å². The number of thiazole rings is 1. The van der Waals surface area contributed by atoms with E-state index in [1.165, 1.54) is 38.5 Å². The van der Waals surface area contributed by atoms with Gasteiger partial charge < -0.3 is 9.47 Å². The summed E-state index contributed by atoms with van der Waals surface area (Å²) >= 11 is 0.744. The molecule has 5 unspecified atom stereocenters. The summed E-state index contributed by atoms with van der Waals surface area (Å²) < 4.78 is 81.1. The lowest BCUT2D eigenvalue weighted by atomic mass is 9.62. The lowest BCUT2D eigenvalue weighted by molar-refractivity contribution is -0.185. The Labute approximate surface area is 228 Å². The van der Waals surface area contributed by atoms with Crippen molar-refractivity contribution in [1.29, 1.82) is 0 Å². The van der Waals surface area contributed by atoms with E-state index in [0.29, 0.717) is 28.3 Å². The van der Waals surface area contributed by atoms with Crippen molar-refractivity contribution in [1.82, 2.24) is 4.98 Å². The number of halogens is 5. The number of fused-ring (bicyclic) bond motifs is 2. The molecule has 39 heavy (non-hydrogen) atoms. The summed E-state index contributed by atoms with van der Waals surface area (Å²) in [6.07, 6.45) is 6.06. The van der Waals surface area contributed by atoms with E-state index in [1.54, 1.807) is 6.07 Å². The largest absolute Gasteiger partial charge is 0.454 e. The predicted molar refractivity (Wildman–Crippen MR) is 139 cm³/mol. The molecule has 0 bridgehead atoms. The molecule has 0 radical (unpaired) electrons. The fourth-order valence-electron chi connectivity index (χ4n) is 7.04. The van der Waals surface area contributed by atoms with Crippen molar-refractivity contribution in [3.8, 4) is 5.75 Å². The summed E-state index contributed by atoms with van der Waals surface area (Å²) in [5.41, 5.74) is 1.29. The minimum Gasteiger partial charge on any atom is -0.427 e. The first-order valence-electron chi connectivity index (χ1n) is 13.9. The number of aromatic nitrogens is 1. The zero-order chi connectivity index (χ0) is 27.3. The van der Waals surface area contributed by atoms with E-state index in [2.05, 4.69) is 16.6 Å². The zero-order valence-corrected chi connectivity index (χ0v) is 22.6. The maximum atomic E-state index is 14.8. The Bertz CT molecular complexity index is 1320. The Balaban J connectivity index is 1.10. The SMILES string of the molecule is CC1CCC2CC([C@@H]3CCC(c4ccc5nc(C(F)(F)Oc6cc(F)c(F)c(F)c6)sc5c4)OC3)CCC2C1. The lowest BCUT2D eigenvalue weighted by Crippen LogP contribution is -2.35. The van der Waals surface area contributed by atoms with Gasteiger partial charge in [0.25, 0.3) is 0 Å². The summed E-state index contributed by atoms with van der Waals surface area (Å²) in [6.45, 7) is 3.12. The minimum absolute atomic E-state index is 0.0926. The molecule has 1 saturated heterocycles. The van der Waals surface area contributed by atoms with Gasteiger partial charge in [-0.25, -0.2) is 18.2 Å². The van der Waals surface area contributed by atoms with Crippen LogP contribution in [0.15, 0.2) is 30.3 Å². The number of rotatable bonds is 5. The second kappa shape index (κ2) is 10.6. The molecule has 6 atom stereocenters. The second-order valence-corrected chi connectivity index (χ2v) is 12.8. The molecule has 2 aromatic carbocycles. The Hall–Kier alpha value is -2.26. The number of hydrogen-bond donors (Lipinski definition) is 0. The van der Waals surface area contributed by atoms with Crippen LogP contribution in [-0.2, 0) is 10.8 Å². The van der Waals surface area contributed by atoms with Crippen LogP contribution in [0.2, 0.25) is 0 Å². The van der Waals surface area contributed by atoms with E-state index in [-0.39, 0.29) is 6.10 Å². The van der Waals surface area contributed by atoms with Gasteiger partial charge in [-0.05, 0) is 92.2 Å².